The summed E-state index contributed by atoms with van der Waals surface area (Å²) in [5.74, 6) is 0.961. The van der Waals surface area contributed by atoms with Gasteiger partial charge in [-0.3, -0.25) is 4.68 Å². The minimum atomic E-state index is -0.235. The summed E-state index contributed by atoms with van der Waals surface area (Å²) in [7, 11) is 0. The molecule has 0 atom stereocenters. The molecule has 0 amide bonds. The number of nitrogens with zero attached hydrogens (tertiary/aromatic N) is 2. The SMILES string of the molecule is CCCn1cc(Oc2cccc(F)c2CNC2CC2)cn1. The van der Waals surface area contributed by atoms with E-state index in [2.05, 4.69) is 17.3 Å². The average Bonchev–Trinajstić information content (AvgIpc) is 3.19. The Morgan fingerprint density at radius 3 is 3.05 bits per heavy atom. The summed E-state index contributed by atoms with van der Waals surface area (Å²) in [6, 6.07) is 5.47. The second-order valence-electron chi connectivity index (χ2n) is 5.41. The van der Waals surface area contributed by atoms with Crippen molar-refractivity contribution in [3.63, 3.8) is 0 Å². The Labute approximate surface area is 123 Å². The van der Waals surface area contributed by atoms with Gasteiger partial charge in [-0.2, -0.15) is 5.10 Å². The Hall–Kier alpha value is -1.88. The van der Waals surface area contributed by atoms with Crippen molar-refractivity contribution in [2.45, 2.75) is 45.3 Å². The summed E-state index contributed by atoms with van der Waals surface area (Å²) >= 11 is 0. The van der Waals surface area contributed by atoms with Crippen LogP contribution in [0, 0.1) is 5.82 Å². The quantitative estimate of drug-likeness (QED) is 0.848. The summed E-state index contributed by atoms with van der Waals surface area (Å²) in [6.07, 6.45) is 6.87. The molecule has 1 aliphatic carbocycles. The maximum absolute atomic E-state index is 14.0. The summed E-state index contributed by atoms with van der Waals surface area (Å²) in [5.41, 5.74) is 0.577. The molecule has 2 aromatic rings. The molecule has 21 heavy (non-hydrogen) atoms. The fourth-order valence-corrected chi connectivity index (χ4v) is 2.22. The largest absolute Gasteiger partial charge is 0.454 e. The Morgan fingerprint density at radius 1 is 1.43 bits per heavy atom. The molecule has 0 radical (unpaired) electrons. The lowest BCUT2D eigenvalue weighted by Crippen LogP contribution is -2.16. The van der Waals surface area contributed by atoms with Gasteiger partial charge < -0.3 is 10.1 Å². The highest BCUT2D eigenvalue weighted by Gasteiger charge is 2.21. The van der Waals surface area contributed by atoms with Crippen LogP contribution in [0.4, 0.5) is 4.39 Å². The van der Waals surface area contributed by atoms with Gasteiger partial charge in [-0.1, -0.05) is 13.0 Å². The Bertz CT molecular complexity index is 607. The molecule has 1 fully saturated rings. The third-order valence-corrected chi connectivity index (χ3v) is 3.51. The molecular formula is C16H20FN3O. The van der Waals surface area contributed by atoms with Crippen LogP contribution in [0.15, 0.2) is 30.6 Å². The van der Waals surface area contributed by atoms with Gasteiger partial charge in [0, 0.05) is 24.7 Å². The van der Waals surface area contributed by atoms with Crippen molar-refractivity contribution in [1.29, 1.82) is 0 Å². The van der Waals surface area contributed by atoms with Gasteiger partial charge >= 0.3 is 0 Å². The normalized spacial score (nSPS) is 14.4. The summed E-state index contributed by atoms with van der Waals surface area (Å²) < 4.78 is 21.6. The first-order valence-corrected chi connectivity index (χ1v) is 7.47. The molecular weight excluding hydrogens is 269 g/mol. The monoisotopic (exact) mass is 289 g/mol. The predicted molar refractivity (Wildman–Crippen MR) is 78.9 cm³/mol. The molecule has 1 saturated carbocycles. The molecule has 112 valence electrons. The predicted octanol–water partition coefficient (Wildman–Crippen LogP) is 3.48. The molecule has 5 heteroatoms. The lowest BCUT2D eigenvalue weighted by atomic mass is 10.2. The number of hydrogen-bond donors (Lipinski definition) is 1. The number of halogens is 1. The van der Waals surface area contributed by atoms with Crippen molar-refractivity contribution in [3.05, 3.63) is 42.0 Å². The van der Waals surface area contributed by atoms with Crippen LogP contribution < -0.4 is 10.1 Å². The fraction of sp³-hybridized carbons (Fsp3) is 0.438. The number of hydrogen-bond acceptors (Lipinski definition) is 3. The fourth-order valence-electron chi connectivity index (χ4n) is 2.22. The van der Waals surface area contributed by atoms with Gasteiger partial charge in [0.1, 0.15) is 11.6 Å². The third kappa shape index (κ3) is 3.61. The third-order valence-electron chi connectivity index (χ3n) is 3.51. The first-order valence-electron chi connectivity index (χ1n) is 7.47. The van der Waals surface area contributed by atoms with Crippen LogP contribution in [0.5, 0.6) is 11.5 Å². The lowest BCUT2D eigenvalue weighted by molar-refractivity contribution is 0.460. The van der Waals surface area contributed by atoms with Crippen LogP contribution >= 0.6 is 0 Å². The molecule has 1 heterocycles. The van der Waals surface area contributed by atoms with E-state index in [4.69, 9.17) is 4.74 Å². The maximum Gasteiger partial charge on any atom is 0.165 e. The summed E-state index contributed by atoms with van der Waals surface area (Å²) in [4.78, 5) is 0. The van der Waals surface area contributed by atoms with Crippen molar-refractivity contribution in [2.24, 2.45) is 0 Å². The first-order chi connectivity index (χ1) is 10.3. The van der Waals surface area contributed by atoms with Crippen molar-refractivity contribution < 1.29 is 9.13 Å². The lowest BCUT2D eigenvalue weighted by Gasteiger charge is -2.11. The molecule has 0 spiro atoms. The zero-order valence-corrected chi connectivity index (χ0v) is 12.2. The Balaban J connectivity index is 1.74. The minimum Gasteiger partial charge on any atom is -0.454 e. The molecule has 1 aromatic heterocycles. The van der Waals surface area contributed by atoms with Crippen molar-refractivity contribution in [3.8, 4) is 11.5 Å². The molecule has 0 aliphatic heterocycles. The number of benzene rings is 1. The van der Waals surface area contributed by atoms with Gasteiger partial charge in [0.05, 0.1) is 12.4 Å². The zero-order chi connectivity index (χ0) is 14.7. The van der Waals surface area contributed by atoms with Gasteiger partial charge in [0.15, 0.2) is 5.75 Å². The smallest absolute Gasteiger partial charge is 0.165 e. The Kier molecular flexibility index (Phi) is 4.20. The topological polar surface area (TPSA) is 39.1 Å². The van der Waals surface area contributed by atoms with Gasteiger partial charge in [-0.15, -0.1) is 0 Å². The van der Waals surface area contributed by atoms with Crippen LogP contribution in [-0.4, -0.2) is 15.8 Å². The second kappa shape index (κ2) is 6.26. The van der Waals surface area contributed by atoms with Crippen molar-refractivity contribution >= 4 is 0 Å². The van der Waals surface area contributed by atoms with Gasteiger partial charge in [-0.05, 0) is 31.4 Å². The van der Waals surface area contributed by atoms with E-state index < -0.39 is 0 Å². The van der Waals surface area contributed by atoms with Crippen LogP contribution in [-0.2, 0) is 13.1 Å². The van der Waals surface area contributed by atoms with Crippen LogP contribution in [0.2, 0.25) is 0 Å². The highest BCUT2D eigenvalue weighted by molar-refractivity contribution is 5.37. The number of nitrogens with one attached hydrogen (secondary N) is 1. The molecule has 4 nitrogen and oxygen atoms in total. The van der Waals surface area contributed by atoms with Crippen LogP contribution in [0.25, 0.3) is 0 Å². The number of aromatic nitrogens is 2. The van der Waals surface area contributed by atoms with E-state index in [1.165, 1.54) is 18.9 Å². The van der Waals surface area contributed by atoms with E-state index >= 15 is 0 Å². The van der Waals surface area contributed by atoms with E-state index in [0.717, 1.165) is 13.0 Å². The van der Waals surface area contributed by atoms with Crippen molar-refractivity contribution in [1.82, 2.24) is 15.1 Å². The second-order valence-corrected chi connectivity index (χ2v) is 5.41. The molecule has 0 saturated heterocycles. The molecule has 1 N–H and O–H groups in total. The van der Waals surface area contributed by atoms with Crippen molar-refractivity contribution in [2.75, 3.05) is 0 Å². The molecule has 0 bridgehead atoms. The highest BCUT2D eigenvalue weighted by atomic mass is 19.1. The van der Waals surface area contributed by atoms with Gasteiger partial charge in [-0.25, -0.2) is 4.39 Å². The van der Waals surface area contributed by atoms with E-state index in [9.17, 15) is 4.39 Å². The summed E-state index contributed by atoms with van der Waals surface area (Å²) in [5, 5.41) is 7.55. The zero-order valence-electron chi connectivity index (χ0n) is 12.2. The van der Waals surface area contributed by atoms with E-state index in [-0.39, 0.29) is 5.82 Å². The van der Waals surface area contributed by atoms with Gasteiger partial charge in [0.25, 0.3) is 0 Å². The molecule has 3 rings (SSSR count). The first kappa shape index (κ1) is 14.1. The molecule has 1 aromatic carbocycles. The maximum atomic E-state index is 14.0. The average molecular weight is 289 g/mol. The van der Waals surface area contributed by atoms with Crippen LogP contribution in [0.3, 0.4) is 0 Å². The number of rotatable bonds is 7. The molecule has 1 aliphatic rings. The highest BCUT2D eigenvalue weighted by Crippen LogP contribution is 2.28. The summed E-state index contributed by atoms with van der Waals surface area (Å²) in [6.45, 7) is 3.44. The number of aryl methyl sites for hydroxylation is 1. The van der Waals surface area contributed by atoms with E-state index in [1.54, 1.807) is 18.3 Å². The van der Waals surface area contributed by atoms with E-state index in [1.807, 2.05) is 10.9 Å². The standard InChI is InChI=1S/C16H20FN3O/c1-2-8-20-11-13(9-19-20)21-16-5-3-4-15(17)14(16)10-18-12-6-7-12/h3-5,9,11-12,18H,2,6-8,10H2,1H3. The van der Waals surface area contributed by atoms with E-state index in [0.29, 0.717) is 29.6 Å². The van der Waals surface area contributed by atoms with Gasteiger partial charge in [0.2, 0.25) is 0 Å². The minimum absolute atomic E-state index is 0.235. The molecule has 0 unspecified atom stereocenters. The Morgan fingerprint density at radius 2 is 2.29 bits per heavy atom. The van der Waals surface area contributed by atoms with Crippen LogP contribution in [0.1, 0.15) is 31.7 Å². The number of ether oxygens (including phenoxy) is 1.